The van der Waals surface area contributed by atoms with Crippen molar-refractivity contribution in [1.29, 1.82) is 0 Å². The van der Waals surface area contributed by atoms with Crippen LogP contribution in [0.4, 0.5) is 0 Å². The second-order valence-corrected chi connectivity index (χ2v) is 13.0. The number of hydrogen-bond donors (Lipinski definition) is 2. The first kappa shape index (κ1) is 34.5. The van der Waals surface area contributed by atoms with Gasteiger partial charge in [0.25, 0.3) is 0 Å². The predicted octanol–water partition coefficient (Wildman–Crippen LogP) is 8.80. The summed E-state index contributed by atoms with van der Waals surface area (Å²) in [6, 6.07) is 0.699. The molecule has 1 amide bonds. The Morgan fingerprint density at radius 1 is 0.771 bits per heavy atom. The number of nitrogens with one attached hydrogen (secondary N) is 2. The standard InChI is InChI=1S/C15H30N2O.C15H31NS/c1-8-14(6,9-2)12(5)16-17-13(18)15(7,10-3)11-4;1-7-14(5,8-2)12-11-17-13(16-12)15(6,9-3)10-4/h8-11H2,1-7H3,(H,17,18);12-13,16H,7-11H2,1-6H3/b16-12+;. The molecule has 0 bridgehead atoms. The molecule has 1 aliphatic heterocycles. The maximum atomic E-state index is 12.1. The van der Waals surface area contributed by atoms with Crippen LogP contribution in [0.15, 0.2) is 5.10 Å². The number of carbonyl (C=O) groups is 1. The fraction of sp³-hybridized carbons (Fsp3) is 0.933. The maximum Gasteiger partial charge on any atom is 0.245 e. The number of nitrogens with zero attached hydrogens (tertiary/aromatic N) is 1. The van der Waals surface area contributed by atoms with Gasteiger partial charge in [0, 0.05) is 28.3 Å². The Balaban J connectivity index is 0.000000661. The van der Waals surface area contributed by atoms with Gasteiger partial charge < -0.3 is 5.32 Å². The number of hydrogen-bond acceptors (Lipinski definition) is 4. The maximum absolute atomic E-state index is 12.1. The molecule has 4 nitrogen and oxygen atoms in total. The van der Waals surface area contributed by atoms with Crippen molar-refractivity contribution in [3.8, 4) is 0 Å². The molecule has 0 aliphatic carbocycles. The van der Waals surface area contributed by atoms with E-state index in [0.29, 0.717) is 22.2 Å². The summed E-state index contributed by atoms with van der Waals surface area (Å²) in [4.78, 5) is 12.1. The Kier molecular flexibility index (Phi) is 14.8. The molecule has 0 aromatic carbocycles. The third-order valence-electron chi connectivity index (χ3n) is 10.4. The number of thioether (sulfide) groups is 1. The lowest BCUT2D eigenvalue weighted by molar-refractivity contribution is -0.130. The van der Waals surface area contributed by atoms with Crippen LogP contribution in [-0.4, -0.2) is 28.8 Å². The van der Waals surface area contributed by atoms with E-state index in [1.165, 1.54) is 31.4 Å². The van der Waals surface area contributed by atoms with Crippen molar-refractivity contribution in [2.24, 2.45) is 26.8 Å². The molecule has 0 aromatic heterocycles. The molecular formula is C30H61N3OS. The lowest BCUT2D eigenvalue weighted by atomic mass is 9.77. The Morgan fingerprint density at radius 3 is 1.57 bits per heavy atom. The molecule has 1 saturated heterocycles. The van der Waals surface area contributed by atoms with Crippen LogP contribution in [0.2, 0.25) is 0 Å². The van der Waals surface area contributed by atoms with E-state index in [0.717, 1.165) is 31.4 Å². The number of carbonyl (C=O) groups excluding carboxylic acids is 1. The van der Waals surface area contributed by atoms with Crippen LogP contribution >= 0.6 is 11.8 Å². The fourth-order valence-corrected chi connectivity index (χ4v) is 6.26. The number of hydrazone groups is 1. The first-order valence-corrected chi connectivity index (χ1v) is 15.5. The third-order valence-corrected chi connectivity index (χ3v) is 11.9. The third kappa shape index (κ3) is 8.76. The van der Waals surface area contributed by atoms with Crippen molar-refractivity contribution in [3.05, 3.63) is 0 Å². The van der Waals surface area contributed by atoms with Crippen LogP contribution in [0, 0.1) is 21.7 Å². The van der Waals surface area contributed by atoms with Crippen molar-refractivity contribution in [2.45, 2.75) is 153 Å². The highest BCUT2D eigenvalue weighted by atomic mass is 32.2. The molecule has 0 radical (unpaired) electrons. The normalized spacial score (nSPS) is 19.9. The molecule has 5 heteroatoms. The van der Waals surface area contributed by atoms with Crippen molar-refractivity contribution < 1.29 is 4.79 Å². The fourth-order valence-electron chi connectivity index (χ4n) is 4.38. The van der Waals surface area contributed by atoms with Crippen molar-refractivity contribution in [3.63, 3.8) is 0 Å². The summed E-state index contributed by atoms with van der Waals surface area (Å²) in [6.45, 7) is 28.8. The van der Waals surface area contributed by atoms with Crippen LogP contribution in [0.25, 0.3) is 0 Å². The first-order chi connectivity index (χ1) is 16.2. The number of amides is 1. The van der Waals surface area contributed by atoms with Gasteiger partial charge in [-0.15, -0.1) is 11.8 Å². The van der Waals surface area contributed by atoms with Crippen LogP contribution in [0.3, 0.4) is 0 Å². The summed E-state index contributed by atoms with van der Waals surface area (Å²) < 4.78 is 0. The summed E-state index contributed by atoms with van der Waals surface area (Å²) >= 11 is 2.15. The SMILES string of the molecule is CCC(C)(CC)C(=O)N/N=C(\C)C(C)(CC)CC.CCC(C)(CC)C1CSC(C(C)(CC)CC)N1. The molecule has 2 atom stereocenters. The number of rotatable bonds is 13. The molecule has 2 N–H and O–H groups in total. The molecule has 2 unspecified atom stereocenters. The second-order valence-electron chi connectivity index (χ2n) is 11.8. The van der Waals surface area contributed by atoms with Gasteiger partial charge in [-0.3, -0.25) is 4.79 Å². The lowest BCUT2D eigenvalue weighted by Crippen LogP contribution is -2.47. The molecule has 1 fully saturated rings. The summed E-state index contributed by atoms with van der Waals surface area (Å²) in [5, 5.41) is 8.91. The van der Waals surface area contributed by atoms with E-state index >= 15 is 0 Å². The Labute approximate surface area is 224 Å². The van der Waals surface area contributed by atoms with Crippen molar-refractivity contribution >= 4 is 23.4 Å². The molecule has 0 spiro atoms. The average Bonchev–Trinajstić information content (AvgIpc) is 3.41. The zero-order chi connectivity index (χ0) is 27.5. The summed E-state index contributed by atoms with van der Waals surface area (Å²) in [5.74, 6) is 1.32. The van der Waals surface area contributed by atoms with E-state index in [4.69, 9.17) is 0 Å². The quantitative estimate of drug-likeness (QED) is 0.192. The van der Waals surface area contributed by atoms with Gasteiger partial charge in [-0.1, -0.05) is 83.1 Å². The van der Waals surface area contributed by atoms with Gasteiger partial charge in [-0.05, 0) is 69.1 Å². The van der Waals surface area contributed by atoms with Gasteiger partial charge in [-0.25, -0.2) is 5.43 Å². The van der Waals surface area contributed by atoms with Crippen LogP contribution in [-0.2, 0) is 4.79 Å². The predicted molar refractivity (Wildman–Crippen MR) is 159 cm³/mol. The van der Waals surface area contributed by atoms with E-state index in [1.807, 2.05) is 27.7 Å². The van der Waals surface area contributed by atoms with E-state index in [1.54, 1.807) is 0 Å². The highest BCUT2D eigenvalue weighted by Gasteiger charge is 2.42. The summed E-state index contributed by atoms with van der Waals surface area (Å²) in [6.07, 6.45) is 8.85. The Morgan fingerprint density at radius 2 is 1.20 bits per heavy atom. The Bertz CT molecular complexity index is 620. The molecule has 0 aromatic rings. The molecule has 0 saturated carbocycles. The zero-order valence-corrected chi connectivity index (χ0v) is 26.6. The second kappa shape index (κ2) is 15.0. The van der Waals surface area contributed by atoms with E-state index < -0.39 is 0 Å². The van der Waals surface area contributed by atoms with Gasteiger partial charge in [0.05, 0.1) is 5.37 Å². The van der Waals surface area contributed by atoms with E-state index in [9.17, 15) is 4.79 Å². The summed E-state index contributed by atoms with van der Waals surface area (Å²) in [5.41, 5.74) is 4.47. The minimum absolute atomic E-state index is 0.0291. The van der Waals surface area contributed by atoms with Gasteiger partial charge >= 0.3 is 0 Å². The monoisotopic (exact) mass is 511 g/mol. The molecule has 1 aliphatic rings. The van der Waals surface area contributed by atoms with Gasteiger partial charge in [0.1, 0.15) is 0 Å². The molecular weight excluding hydrogens is 450 g/mol. The van der Waals surface area contributed by atoms with Crippen molar-refractivity contribution in [2.75, 3.05) is 5.75 Å². The zero-order valence-electron chi connectivity index (χ0n) is 25.8. The average molecular weight is 512 g/mol. The smallest absolute Gasteiger partial charge is 0.245 e. The topological polar surface area (TPSA) is 53.5 Å². The minimum atomic E-state index is -0.307. The molecule has 208 valence electrons. The minimum Gasteiger partial charge on any atom is -0.301 e. The van der Waals surface area contributed by atoms with Gasteiger partial charge in [0.2, 0.25) is 5.91 Å². The summed E-state index contributed by atoms with van der Waals surface area (Å²) in [7, 11) is 0. The molecule has 1 rings (SSSR count). The van der Waals surface area contributed by atoms with E-state index in [-0.39, 0.29) is 16.7 Å². The van der Waals surface area contributed by atoms with Crippen molar-refractivity contribution in [1.82, 2.24) is 10.7 Å². The first-order valence-electron chi connectivity index (χ1n) is 14.5. The van der Waals surface area contributed by atoms with E-state index in [2.05, 4.69) is 89.9 Å². The highest BCUT2D eigenvalue weighted by molar-refractivity contribution is 8.00. The van der Waals surface area contributed by atoms with Crippen LogP contribution < -0.4 is 10.7 Å². The Hall–Kier alpha value is -0.550. The highest BCUT2D eigenvalue weighted by Crippen LogP contribution is 2.44. The van der Waals surface area contributed by atoms with Crippen LogP contribution in [0.5, 0.6) is 0 Å². The lowest BCUT2D eigenvalue weighted by Gasteiger charge is -2.37. The van der Waals surface area contributed by atoms with Gasteiger partial charge in [-0.2, -0.15) is 5.10 Å². The molecule has 1 heterocycles. The largest absolute Gasteiger partial charge is 0.301 e. The molecule has 35 heavy (non-hydrogen) atoms. The van der Waals surface area contributed by atoms with Gasteiger partial charge in [0.15, 0.2) is 0 Å². The van der Waals surface area contributed by atoms with Crippen LogP contribution in [0.1, 0.15) is 141 Å².